The van der Waals surface area contributed by atoms with Crippen molar-refractivity contribution in [2.24, 2.45) is 0 Å². The number of benzene rings is 2. The quantitative estimate of drug-likeness (QED) is 0.375. The second-order valence-electron chi connectivity index (χ2n) is 8.61. The summed E-state index contributed by atoms with van der Waals surface area (Å²) >= 11 is 7.83. The van der Waals surface area contributed by atoms with Gasteiger partial charge < -0.3 is 14.5 Å². The second kappa shape index (κ2) is 11.2. The summed E-state index contributed by atoms with van der Waals surface area (Å²) in [7, 11) is 0. The number of thiophene rings is 1. The number of fused-ring (bicyclic) bond motifs is 1. The third kappa shape index (κ3) is 5.85. The van der Waals surface area contributed by atoms with E-state index >= 15 is 0 Å². The van der Waals surface area contributed by atoms with Gasteiger partial charge in [0.05, 0.1) is 6.04 Å². The number of rotatable bonds is 8. The topological polar surface area (TPSA) is 49.9 Å². The van der Waals surface area contributed by atoms with Crippen LogP contribution in [-0.4, -0.2) is 47.9 Å². The SMILES string of the molecule is CCCN(CC(=O)N1CCc2sccc2[C@@H]1COc1ccc(Cl)c(C)c1)C(=O)c1ccc(F)cc1. The molecule has 184 valence electrons. The molecule has 1 aliphatic rings. The van der Waals surface area contributed by atoms with E-state index in [2.05, 4.69) is 0 Å². The summed E-state index contributed by atoms with van der Waals surface area (Å²) < 4.78 is 19.4. The molecule has 0 bridgehead atoms. The highest BCUT2D eigenvalue weighted by atomic mass is 35.5. The lowest BCUT2D eigenvalue weighted by Crippen LogP contribution is -2.48. The number of carbonyl (C=O) groups excluding carboxylic acids is 2. The highest BCUT2D eigenvalue weighted by Gasteiger charge is 2.33. The van der Waals surface area contributed by atoms with E-state index in [0.717, 1.165) is 17.5 Å². The van der Waals surface area contributed by atoms with E-state index in [9.17, 15) is 14.0 Å². The molecule has 0 fully saturated rings. The first-order chi connectivity index (χ1) is 16.9. The van der Waals surface area contributed by atoms with Crippen LogP contribution in [0.4, 0.5) is 4.39 Å². The monoisotopic (exact) mass is 514 g/mol. The summed E-state index contributed by atoms with van der Waals surface area (Å²) in [5.74, 6) is -0.122. The van der Waals surface area contributed by atoms with Crippen molar-refractivity contribution in [2.75, 3.05) is 26.2 Å². The Labute approximate surface area is 214 Å². The van der Waals surface area contributed by atoms with Gasteiger partial charge in [0.1, 0.15) is 24.7 Å². The van der Waals surface area contributed by atoms with E-state index in [0.29, 0.717) is 42.5 Å². The Morgan fingerprint density at radius 3 is 2.69 bits per heavy atom. The van der Waals surface area contributed by atoms with Gasteiger partial charge in [-0.1, -0.05) is 18.5 Å². The van der Waals surface area contributed by atoms with Crippen LogP contribution in [0.3, 0.4) is 0 Å². The minimum atomic E-state index is -0.404. The number of carbonyl (C=O) groups is 2. The minimum Gasteiger partial charge on any atom is -0.491 e. The molecule has 8 heteroatoms. The van der Waals surface area contributed by atoms with Crippen LogP contribution in [0.2, 0.25) is 5.02 Å². The van der Waals surface area contributed by atoms with Gasteiger partial charge >= 0.3 is 0 Å². The molecule has 2 aromatic carbocycles. The number of halogens is 2. The molecular formula is C27H28ClFN2O3S. The van der Waals surface area contributed by atoms with Crippen LogP contribution < -0.4 is 4.74 Å². The summed E-state index contributed by atoms with van der Waals surface area (Å²) in [6.45, 7) is 5.13. The zero-order valence-electron chi connectivity index (χ0n) is 19.8. The van der Waals surface area contributed by atoms with Crippen molar-refractivity contribution in [2.45, 2.75) is 32.7 Å². The van der Waals surface area contributed by atoms with Crippen molar-refractivity contribution in [1.29, 1.82) is 0 Å². The van der Waals surface area contributed by atoms with Crippen LogP contribution in [0.25, 0.3) is 0 Å². The van der Waals surface area contributed by atoms with Gasteiger partial charge in [0, 0.05) is 28.6 Å². The minimum absolute atomic E-state index is 0.0416. The Kier molecular flexibility index (Phi) is 8.08. The fourth-order valence-corrected chi connectivity index (χ4v) is 5.35. The highest BCUT2D eigenvalue weighted by molar-refractivity contribution is 7.10. The van der Waals surface area contributed by atoms with Gasteiger partial charge in [0.2, 0.25) is 5.91 Å². The first-order valence-corrected chi connectivity index (χ1v) is 12.9. The summed E-state index contributed by atoms with van der Waals surface area (Å²) in [6.07, 6.45) is 1.48. The van der Waals surface area contributed by atoms with E-state index in [1.165, 1.54) is 29.1 Å². The normalized spacial score (nSPS) is 15.0. The van der Waals surface area contributed by atoms with Crippen molar-refractivity contribution in [3.05, 3.63) is 86.3 Å². The van der Waals surface area contributed by atoms with Crippen molar-refractivity contribution in [1.82, 2.24) is 9.80 Å². The van der Waals surface area contributed by atoms with Gasteiger partial charge in [-0.05, 0) is 84.8 Å². The predicted molar refractivity (Wildman–Crippen MR) is 137 cm³/mol. The van der Waals surface area contributed by atoms with Crippen molar-refractivity contribution in [3.8, 4) is 5.75 Å². The van der Waals surface area contributed by atoms with Crippen molar-refractivity contribution >= 4 is 34.8 Å². The van der Waals surface area contributed by atoms with Crippen LogP contribution in [0, 0.1) is 12.7 Å². The van der Waals surface area contributed by atoms with Crippen LogP contribution in [-0.2, 0) is 11.2 Å². The van der Waals surface area contributed by atoms with Crippen molar-refractivity contribution < 1.29 is 18.7 Å². The summed E-state index contributed by atoms with van der Waals surface area (Å²) in [6, 6.07) is 12.7. The first-order valence-electron chi connectivity index (χ1n) is 11.7. The average Bonchev–Trinajstić information content (AvgIpc) is 3.33. The molecule has 2 amide bonds. The molecule has 0 saturated carbocycles. The molecule has 0 aliphatic carbocycles. The molecular weight excluding hydrogens is 487 g/mol. The van der Waals surface area contributed by atoms with Gasteiger partial charge in [-0.3, -0.25) is 9.59 Å². The zero-order chi connectivity index (χ0) is 24.9. The second-order valence-corrected chi connectivity index (χ2v) is 10.0. The Balaban J connectivity index is 1.52. The van der Waals surface area contributed by atoms with E-state index in [1.807, 2.05) is 42.3 Å². The number of aryl methyl sites for hydroxylation is 1. The summed E-state index contributed by atoms with van der Waals surface area (Å²) in [4.78, 5) is 31.2. The molecule has 3 aromatic rings. The van der Waals surface area contributed by atoms with Gasteiger partial charge in [-0.25, -0.2) is 4.39 Å². The molecule has 0 spiro atoms. The Morgan fingerprint density at radius 2 is 1.97 bits per heavy atom. The fraction of sp³-hybridized carbons (Fsp3) is 0.333. The standard InChI is InChI=1S/C27H28ClFN2O3S/c1-3-12-30(27(33)19-4-6-20(29)7-5-19)16-26(32)31-13-10-25-22(11-14-35-25)24(31)17-34-21-8-9-23(28)18(2)15-21/h4-9,11,14-15,24H,3,10,12-13,16-17H2,1-2H3/t24-/m0/s1. The van der Waals surface area contributed by atoms with E-state index in [1.54, 1.807) is 22.3 Å². The average molecular weight is 515 g/mol. The molecule has 0 unspecified atom stereocenters. The summed E-state index contributed by atoms with van der Waals surface area (Å²) in [5, 5.41) is 2.72. The largest absolute Gasteiger partial charge is 0.491 e. The smallest absolute Gasteiger partial charge is 0.254 e. The number of ether oxygens (including phenoxy) is 1. The van der Waals surface area contributed by atoms with Crippen molar-refractivity contribution in [3.63, 3.8) is 0 Å². The summed E-state index contributed by atoms with van der Waals surface area (Å²) in [5.41, 5.74) is 2.38. The Hall–Kier alpha value is -2.90. The third-order valence-corrected chi connectivity index (χ3v) is 7.57. The molecule has 35 heavy (non-hydrogen) atoms. The van der Waals surface area contributed by atoms with E-state index in [4.69, 9.17) is 16.3 Å². The Bertz CT molecular complexity index is 1200. The predicted octanol–water partition coefficient (Wildman–Crippen LogP) is 5.91. The van der Waals surface area contributed by atoms with Gasteiger partial charge in [0.25, 0.3) is 5.91 Å². The molecule has 2 heterocycles. The molecule has 5 nitrogen and oxygen atoms in total. The molecule has 0 saturated heterocycles. The zero-order valence-corrected chi connectivity index (χ0v) is 21.4. The maximum Gasteiger partial charge on any atom is 0.254 e. The number of hydrogen-bond donors (Lipinski definition) is 0. The lowest BCUT2D eigenvalue weighted by Gasteiger charge is -2.37. The van der Waals surface area contributed by atoms with E-state index in [-0.39, 0.29) is 24.4 Å². The fourth-order valence-electron chi connectivity index (χ4n) is 4.31. The Morgan fingerprint density at radius 1 is 1.20 bits per heavy atom. The highest BCUT2D eigenvalue weighted by Crippen LogP contribution is 2.34. The van der Waals surface area contributed by atoms with Gasteiger partial charge in [-0.15, -0.1) is 11.3 Å². The van der Waals surface area contributed by atoms with Crippen LogP contribution in [0.5, 0.6) is 5.75 Å². The first kappa shape index (κ1) is 25.2. The number of amides is 2. The van der Waals surface area contributed by atoms with Crippen LogP contribution >= 0.6 is 22.9 Å². The van der Waals surface area contributed by atoms with Crippen LogP contribution in [0.1, 0.15) is 45.7 Å². The molecule has 1 aliphatic heterocycles. The maximum atomic E-state index is 13.5. The van der Waals surface area contributed by atoms with Gasteiger partial charge in [-0.2, -0.15) is 0 Å². The molecule has 1 aromatic heterocycles. The third-order valence-electron chi connectivity index (χ3n) is 6.15. The molecule has 0 N–H and O–H groups in total. The molecule has 1 atom stereocenters. The molecule has 4 rings (SSSR count). The maximum absolute atomic E-state index is 13.5. The van der Waals surface area contributed by atoms with E-state index < -0.39 is 5.82 Å². The number of hydrogen-bond acceptors (Lipinski definition) is 4. The lowest BCUT2D eigenvalue weighted by molar-refractivity contribution is -0.135. The van der Waals surface area contributed by atoms with Gasteiger partial charge in [0.15, 0.2) is 0 Å². The lowest BCUT2D eigenvalue weighted by atomic mass is 10.00. The molecule has 0 radical (unpaired) electrons. The number of nitrogens with zero attached hydrogens (tertiary/aromatic N) is 2. The van der Waals surface area contributed by atoms with Crippen LogP contribution in [0.15, 0.2) is 53.9 Å².